The van der Waals surface area contributed by atoms with E-state index in [2.05, 4.69) is 28.9 Å². The molecule has 0 aromatic carbocycles. The van der Waals surface area contributed by atoms with Crippen molar-refractivity contribution in [1.29, 1.82) is 0 Å². The van der Waals surface area contributed by atoms with Crippen LogP contribution in [-0.4, -0.2) is 94.5 Å². The molecule has 2 saturated heterocycles. The molecule has 1 N–H and O–H groups in total. The number of likely N-dealkylation sites (tertiary alicyclic amines) is 1. The van der Waals surface area contributed by atoms with Crippen LogP contribution >= 0.6 is 0 Å². The van der Waals surface area contributed by atoms with Gasteiger partial charge < -0.3 is 14.9 Å². The molecule has 0 unspecified atom stereocenters. The molecule has 2 aliphatic rings. The summed E-state index contributed by atoms with van der Waals surface area (Å²) in [5.74, 6) is 0.551. The number of aromatic nitrogens is 2. The Morgan fingerprint density at radius 1 is 1.18 bits per heavy atom. The van der Waals surface area contributed by atoms with Gasteiger partial charge in [-0.2, -0.15) is 5.10 Å². The number of piperidine rings is 1. The molecule has 0 bridgehead atoms. The van der Waals surface area contributed by atoms with E-state index in [1.165, 1.54) is 0 Å². The zero-order valence-electron chi connectivity index (χ0n) is 18.0. The van der Waals surface area contributed by atoms with Gasteiger partial charge in [0.25, 0.3) is 5.91 Å². The van der Waals surface area contributed by atoms with E-state index in [4.69, 9.17) is 0 Å². The molecule has 7 heteroatoms. The summed E-state index contributed by atoms with van der Waals surface area (Å²) in [7, 11) is 2.18. The Hall–Kier alpha value is -1.44. The molecule has 1 aromatic heterocycles. The van der Waals surface area contributed by atoms with Gasteiger partial charge >= 0.3 is 0 Å². The monoisotopic (exact) mass is 391 g/mol. The van der Waals surface area contributed by atoms with Crippen molar-refractivity contribution in [2.45, 2.75) is 52.6 Å². The second-order valence-electron chi connectivity index (χ2n) is 8.43. The number of hydrogen-bond acceptors (Lipinski definition) is 5. The maximum Gasteiger partial charge on any atom is 0.257 e. The molecule has 0 aliphatic carbocycles. The zero-order valence-corrected chi connectivity index (χ0v) is 18.0. The number of amides is 1. The van der Waals surface area contributed by atoms with Crippen molar-refractivity contribution in [2.75, 3.05) is 52.9 Å². The average Bonchev–Trinajstić information content (AvgIpc) is 2.99. The highest BCUT2D eigenvalue weighted by atomic mass is 16.3. The molecule has 0 spiro atoms. The predicted octanol–water partition coefficient (Wildman–Crippen LogP) is 1.37. The van der Waals surface area contributed by atoms with Crippen molar-refractivity contribution in [3.63, 3.8) is 0 Å². The van der Waals surface area contributed by atoms with Crippen LogP contribution in [0.1, 0.15) is 47.9 Å². The van der Waals surface area contributed by atoms with Crippen molar-refractivity contribution in [3.8, 4) is 0 Å². The number of aliphatic hydroxyl groups is 1. The number of aliphatic hydroxyl groups excluding tert-OH is 1. The topological polar surface area (TPSA) is 64.8 Å². The molecule has 1 amide bonds. The first kappa shape index (κ1) is 21.3. The van der Waals surface area contributed by atoms with Crippen LogP contribution in [0.5, 0.6) is 0 Å². The first-order valence-corrected chi connectivity index (χ1v) is 10.8. The van der Waals surface area contributed by atoms with Gasteiger partial charge in [0, 0.05) is 64.2 Å². The number of piperazine rings is 1. The lowest BCUT2D eigenvalue weighted by atomic mass is 9.86. The van der Waals surface area contributed by atoms with Crippen molar-refractivity contribution in [2.24, 2.45) is 5.92 Å². The van der Waals surface area contributed by atoms with Crippen LogP contribution < -0.4 is 0 Å². The van der Waals surface area contributed by atoms with Crippen LogP contribution in [0.4, 0.5) is 0 Å². The highest BCUT2D eigenvalue weighted by Gasteiger charge is 2.36. The predicted molar refractivity (Wildman–Crippen MR) is 111 cm³/mol. The smallest absolute Gasteiger partial charge is 0.257 e. The van der Waals surface area contributed by atoms with Gasteiger partial charge in [0.2, 0.25) is 0 Å². The van der Waals surface area contributed by atoms with E-state index >= 15 is 0 Å². The Bertz CT molecular complexity index is 666. The number of nitrogens with zero attached hydrogens (tertiary/aromatic N) is 5. The largest absolute Gasteiger partial charge is 0.396 e. The van der Waals surface area contributed by atoms with Crippen LogP contribution in [0.2, 0.25) is 0 Å². The first-order chi connectivity index (χ1) is 13.5. The molecular weight excluding hydrogens is 354 g/mol. The summed E-state index contributed by atoms with van der Waals surface area (Å²) in [6.45, 7) is 13.0. The minimum Gasteiger partial charge on any atom is -0.396 e. The van der Waals surface area contributed by atoms with Gasteiger partial charge in [0.15, 0.2) is 0 Å². The fourth-order valence-corrected chi connectivity index (χ4v) is 4.95. The zero-order chi connectivity index (χ0) is 20.3. The lowest BCUT2D eigenvalue weighted by Crippen LogP contribution is -2.57. The maximum absolute atomic E-state index is 13.3. The SMILES string of the molecule is CCn1nc(C)c(C(=O)N2CC[C@@H](N3CCN(C)CC3)[C@@H](CCCO)C2)c1C. The molecule has 158 valence electrons. The third-order valence-electron chi connectivity index (χ3n) is 6.62. The molecule has 28 heavy (non-hydrogen) atoms. The quantitative estimate of drug-likeness (QED) is 0.794. The summed E-state index contributed by atoms with van der Waals surface area (Å²) in [5, 5.41) is 13.9. The molecule has 0 radical (unpaired) electrons. The van der Waals surface area contributed by atoms with E-state index < -0.39 is 0 Å². The maximum atomic E-state index is 13.3. The molecule has 3 rings (SSSR count). The second-order valence-corrected chi connectivity index (χ2v) is 8.43. The highest BCUT2D eigenvalue weighted by molar-refractivity contribution is 5.96. The summed E-state index contributed by atoms with van der Waals surface area (Å²) < 4.78 is 1.92. The minimum atomic E-state index is 0.125. The van der Waals surface area contributed by atoms with Crippen LogP contribution in [-0.2, 0) is 6.54 Å². The average molecular weight is 392 g/mol. The standard InChI is InChI=1S/C21H37N5O2/c1-5-26-17(3)20(16(2)22-26)21(28)25-9-8-19(18(15-25)7-6-14-27)24-12-10-23(4)11-13-24/h18-19,27H,5-15H2,1-4H3/t18-,19+/m0/s1. The lowest BCUT2D eigenvalue weighted by molar-refractivity contribution is 0.0217. The normalized spacial score (nSPS) is 24.7. The van der Waals surface area contributed by atoms with E-state index in [0.29, 0.717) is 12.0 Å². The molecule has 2 aliphatic heterocycles. The van der Waals surface area contributed by atoms with Gasteiger partial charge in [0.1, 0.15) is 0 Å². The lowest BCUT2D eigenvalue weighted by Gasteiger charge is -2.46. The minimum absolute atomic E-state index is 0.125. The second kappa shape index (κ2) is 9.37. The third kappa shape index (κ3) is 4.42. The van der Waals surface area contributed by atoms with Crippen LogP contribution in [0.25, 0.3) is 0 Å². The number of likely N-dealkylation sites (N-methyl/N-ethyl adjacent to an activating group) is 1. The Balaban J connectivity index is 1.73. The van der Waals surface area contributed by atoms with E-state index in [1.54, 1.807) is 0 Å². The van der Waals surface area contributed by atoms with Crippen molar-refractivity contribution < 1.29 is 9.90 Å². The first-order valence-electron chi connectivity index (χ1n) is 10.8. The summed E-state index contributed by atoms with van der Waals surface area (Å²) in [6.07, 6.45) is 2.80. The Morgan fingerprint density at radius 2 is 1.89 bits per heavy atom. The Labute approximate surface area is 169 Å². The summed E-state index contributed by atoms with van der Waals surface area (Å²) in [6, 6.07) is 0.518. The van der Waals surface area contributed by atoms with E-state index in [0.717, 1.165) is 82.0 Å². The molecule has 3 heterocycles. The van der Waals surface area contributed by atoms with Crippen LogP contribution in [0, 0.1) is 19.8 Å². The van der Waals surface area contributed by atoms with E-state index in [-0.39, 0.29) is 12.5 Å². The number of hydrogen-bond donors (Lipinski definition) is 1. The molecule has 1 aromatic rings. The van der Waals surface area contributed by atoms with Gasteiger partial charge in [0.05, 0.1) is 11.3 Å². The van der Waals surface area contributed by atoms with Gasteiger partial charge in [-0.3, -0.25) is 14.4 Å². The Morgan fingerprint density at radius 3 is 2.50 bits per heavy atom. The van der Waals surface area contributed by atoms with Crippen molar-refractivity contribution in [3.05, 3.63) is 17.0 Å². The van der Waals surface area contributed by atoms with Gasteiger partial charge in [-0.15, -0.1) is 0 Å². The summed E-state index contributed by atoms with van der Waals surface area (Å²) in [5.41, 5.74) is 2.58. The molecule has 2 fully saturated rings. The fourth-order valence-electron chi connectivity index (χ4n) is 4.95. The molecule has 7 nitrogen and oxygen atoms in total. The van der Waals surface area contributed by atoms with Crippen molar-refractivity contribution in [1.82, 2.24) is 24.5 Å². The molecular formula is C21H37N5O2. The van der Waals surface area contributed by atoms with Gasteiger partial charge in [-0.25, -0.2) is 0 Å². The molecule has 2 atom stereocenters. The molecule has 0 saturated carbocycles. The van der Waals surface area contributed by atoms with E-state index in [9.17, 15) is 9.90 Å². The summed E-state index contributed by atoms with van der Waals surface area (Å²) in [4.78, 5) is 20.4. The number of carbonyl (C=O) groups is 1. The summed E-state index contributed by atoms with van der Waals surface area (Å²) >= 11 is 0. The number of aryl methyl sites for hydroxylation is 2. The third-order valence-corrected chi connectivity index (χ3v) is 6.62. The van der Waals surface area contributed by atoms with Gasteiger partial charge in [-0.1, -0.05) is 0 Å². The van der Waals surface area contributed by atoms with Crippen LogP contribution in [0.15, 0.2) is 0 Å². The van der Waals surface area contributed by atoms with Gasteiger partial charge in [-0.05, 0) is 53.0 Å². The van der Waals surface area contributed by atoms with Crippen LogP contribution in [0.3, 0.4) is 0 Å². The number of carbonyl (C=O) groups excluding carboxylic acids is 1. The Kier molecular flexibility index (Phi) is 7.12. The van der Waals surface area contributed by atoms with E-state index in [1.807, 2.05) is 23.4 Å². The highest BCUT2D eigenvalue weighted by Crippen LogP contribution is 2.29. The fraction of sp³-hybridized carbons (Fsp3) is 0.810. The number of rotatable bonds is 6. The van der Waals surface area contributed by atoms with Crippen molar-refractivity contribution >= 4 is 5.91 Å².